The number of amides is 1. The van der Waals surface area contributed by atoms with Crippen LogP contribution in [0.3, 0.4) is 0 Å². The summed E-state index contributed by atoms with van der Waals surface area (Å²) in [4.78, 5) is 12.5. The SMILES string of the molecule is CC(C)[C@H](NS(=O)(=O)c1ccc(Br)cc1)C(=O)Nc1ccc(F)cc1. The van der Waals surface area contributed by atoms with Crippen LogP contribution in [0.15, 0.2) is 57.9 Å². The van der Waals surface area contributed by atoms with Gasteiger partial charge in [0.15, 0.2) is 0 Å². The highest BCUT2D eigenvalue weighted by atomic mass is 79.9. The molecule has 2 rings (SSSR count). The van der Waals surface area contributed by atoms with Gasteiger partial charge >= 0.3 is 0 Å². The van der Waals surface area contributed by atoms with Crippen LogP contribution in [0, 0.1) is 11.7 Å². The number of halogens is 2. The summed E-state index contributed by atoms with van der Waals surface area (Å²) in [6.45, 7) is 3.47. The Labute approximate surface area is 154 Å². The highest BCUT2D eigenvalue weighted by Crippen LogP contribution is 2.17. The zero-order chi connectivity index (χ0) is 18.6. The van der Waals surface area contributed by atoms with Crippen molar-refractivity contribution >= 4 is 37.5 Å². The molecule has 0 bridgehead atoms. The molecule has 0 aromatic heterocycles. The van der Waals surface area contributed by atoms with E-state index in [0.29, 0.717) is 5.69 Å². The van der Waals surface area contributed by atoms with Crippen molar-refractivity contribution in [2.45, 2.75) is 24.8 Å². The number of hydrogen-bond acceptors (Lipinski definition) is 3. The molecule has 5 nitrogen and oxygen atoms in total. The second kappa shape index (κ2) is 8.07. The lowest BCUT2D eigenvalue weighted by molar-refractivity contribution is -0.118. The van der Waals surface area contributed by atoms with Crippen LogP contribution in [0.25, 0.3) is 0 Å². The summed E-state index contributed by atoms with van der Waals surface area (Å²) in [5.74, 6) is -1.22. The Kier molecular flexibility index (Phi) is 6.31. The van der Waals surface area contributed by atoms with E-state index in [1.165, 1.54) is 36.4 Å². The third-order valence-corrected chi connectivity index (χ3v) is 5.45. The Morgan fingerprint density at radius 1 is 1.04 bits per heavy atom. The van der Waals surface area contributed by atoms with Crippen molar-refractivity contribution in [3.63, 3.8) is 0 Å². The molecule has 2 N–H and O–H groups in total. The van der Waals surface area contributed by atoms with Gasteiger partial charge in [0, 0.05) is 10.2 Å². The zero-order valence-corrected chi connectivity index (χ0v) is 16.1. The first-order valence-electron chi connectivity index (χ1n) is 7.53. The van der Waals surface area contributed by atoms with Gasteiger partial charge in [0.2, 0.25) is 15.9 Å². The molecule has 0 radical (unpaired) electrons. The van der Waals surface area contributed by atoms with E-state index < -0.39 is 27.8 Å². The van der Waals surface area contributed by atoms with Crippen molar-refractivity contribution in [2.75, 3.05) is 5.32 Å². The van der Waals surface area contributed by atoms with E-state index in [-0.39, 0.29) is 10.8 Å². The van der Waals surface area contributed by atoms with E-state index in [0.717, 1.165) is 4.47 Å². The predicted octanol–water partition coefficient (Wildman–Crippen LogP) is 3.53. The van der Waals surface area contributed by atoms with Gasteiger partial charge in [0.25, 0.3) is 0 Å². The first kappa shape index (κ1) is 19.6. The normalized spacial score (nSPS) is 12.8. The van der Waals surface area contributed by atoms with Gasteiger partial charge in [-0.05, 0) is 54.4 Å². The Morgan fingerprint density at radius 2 is 1.60 bits per heavy atom. The number of carbonyl (C=O) groups is 1. The number of rotatable bonds is 6. The molecule has 0 aliphatic heterocycles. The molecular weight excluding hydrogens is 411 g/mol. The molecular formula is C17H18BrFN2O3S. The second-order valence-corrected chi connectivity index (χ2v) is 8.42. The van der Waals surface area contributed by atoms with Crippen molar-refractivity contribution in [3.8, 4) is 0 Å². The van der Waals surface area contributed by atoms with E-state index >= 15 is 0 Å². The van der Waals surface area contributed by atoms with Crippen LogP contribution < -0.4 is 10.0 Å². The van der Waals surface area contributed by atoms with Gasteiger partial charge in [-0.25, -0.2) is 12.8 Å². The van der Waals surface area contributed by atoms with Gasteiger partial charge in [-0.2, -0.15) is 4.72 Å². The fraction of sp³-hybridized carbons (Fsp3) is 0.235. The highest BCUT2D eigenvalue weighted by molar-refractivity contribution is 9.10. The van der Waals surface area contributed by atoms with Gasteiger partial charge in [-0.1, -0.05) is 29.8 Å². The van der Waals surface area contributed by atoms with E-state index in [2.05, 4.69) is 26.0 Å². The third-order valence-electron chi connectivity index (χ3n) is 3.47. The van der Waals surface area contributed by atoms with Gasteiger partial charge in [0.05, 0.1) is 4.90 Å². The van der Waals surface area contributed by atoms with Gasteiger partial charge in [-0.15, -0.1) is 0 Å². The fourth-order valence-corrected chi connectivity index (χ4v) is 3.70. The van der Waals surface area contributed by atoms with Crippen LogP contribution in [0.4, 0.5) is 10.1 Å². The molecule has 2 aromatic rings. The third kappa shape index (κ3) is 5.35. The smallest absolute Gasteiger partial charge is 0.242 e. The minimum Gasteiger partial charge on any atom is -0.325 e. The Hall–Kier alpha value is -1.77. The van der Waals surface area contributed by atoms with Crippen molar-refractivity contribution in [2.24, 2.45) is 5.92 Å². The van der Waals surface area contributed by atoms with E-state index in [1.54, 1.807) is 26.0 Å². The quantitative estimate of drug-likeness (QED) is 0.738. The molecule has 25 heavy (non-hydrogen) atoms. The summed E-state index contributed by atoms with van der Waals surface area (Å²) in [6.07, 6.45) is 0. The summed E-state index contributed by atoms with van der Waals surface area (Å²) >= 11 is 3.25. The number of nitrogens with one attached hydrogen (secondary N) is 2. The maximum atomic E-state index is 12.9. The topological polar surface area (TPSA) is 75.3 Å². The summed E-state index contributed by atoms with van der Waals surface area (Å²) in [5.41, 5.74) is 0.389. The van der Waals surface area contributed by atoms with Crippen LogP contribution in [-0.2, 0) is 14.8 Å². The molecule has 134 valence electrons. The lowest BCUT2D eigenvalue weighted by Crippen LogP contribution is -2.47. The molecule has 0 saturated heterocycles. The Bertz CT molecular complexity index is 837. The number of carbonyl (C=O) groups excluding carboxylic acids is 1. The Balaban J connectivity index is 2.18. The van der Waals surface area contributed by atoms with Crippen LogP contribution in [0.5, 0.6) is 0 Å². The Morgan fingerprint density at radius 3 is 2.12 bits per heavy atom. The van der Waals surface area contributed by atoms with Crippen molar-refractivity contribution in [3.05, 3.63) is 58.8 Å². The van der Waals surface area contributed by atoms with E-state index in [4.69, 9.17) is 0 Å². The number of sulfonamides is 1. The predicted molar refractivity (Wildman–Crippen MR) is 98.1 cm³/mol. The van der Waals surface area contributed by atoms with Crippen LogP contribution in [0.2, 0.25) is 0 Å². The maximum absolute atomic E-state index is 12.9. The molecule has 0 heterocycles. The molecule has 0 aliphatic rings. The number of anilines is 1. The molecule has 2 aromatic carbocycles. The number of hydrogen-bond donors (Lipinski definition) is 2. The lowest BCUT2D eigenvalue weighted by Gasteiger charge is -2.21. The zero-order valence-electron chi connectivity index (χ0n) is 13.7. The van der Waals surface area contributed by atoms with Crippen LogP contribution in [-0.4, -0.2) is 20.4 Å². The van der Waals surface area contributed by atoms with Gasteiger partial charge in [0.1, 0.15) is 11.9 Å². The average Bonchev–Trinajstić information content (AvgIpc) is 2.55. The van der Waals surface area contributed by atoms with Crippen molar-refractivity contribution in [1.82, 2.24) is 4.72 Å². The summed E-state index contributed by atoms with van der Waals surface area (Å²) in [7, 11) is -3.86. The summed E-state index contributed by atoms with van der Waals surface area (Å²) in [6, 6.07) is 10.4. The second-order valence-electron chi connectivity index (χ2n) is 5.79. The lowest BCUT2D eigenvalue weighted by atomic mass is 10.0. The maximum Gasteiger partial charge on any atom is 0.242 e. The first-order valence-corrected chi connectivity index (χ1v) is 9.81. The number of benzene rings is 2. The molecule has 1 atom stereocenters. The highest BCUT2D eigenvalue weighted by Gasteiger charge is 2.28. The minimum atomic E-state index is -3.86. The van der Waals surface area contributed by atoms with Crippen molar-refractivity contribution in [1.29, 1.82) is 0 Å². The van der Waals surface area contributed by atoms with Crippen LogP contribution in [0.1, 0.15) is 13.8 Å². The first-order chi connectivity index (χ1) is 11.7. The molecule has 0 aliphatic carbocycles. The summed E-state index contributed by atoms with van der Waals surface area (Å²) < 4.78 is 41.1. The fourth-order valence-electron chi connectivity index (χ4n) is 2.09. The van der Waals surface area contributed by atoms with E-state index in [1.807, 2.05) is 0 Å². The summed E-state index contributed by atoms with van der Waals surface area (Å²) in [5, 5.41) is 2.59. The van der Waals surface area contributed by atoms with Crippen LogP contribution >= 0.6 is 15.9 Å². The molecule has 0 fully saturated rings. The standard InChI is InChI=1S/C17H18BrFN2O3S/c1-11(2)16(17(22)20-14-7-5-13(19)6-8-14)21-25(23,24)15-9-3-12(18)4-10-15/h3-11,16,21H,1-2H3,(H,20,22)/t16-/m0/s1. The van der Waals surface area contributed by atoms with Crippen molar-refractivity contribution < 1.29 is 17.6 Å². The minimum absolute atomic E-state index is 0.0657. The largest absolute Gasteiger partial charge is 0.325 e. The van der Waals surface area contributed by atoms with Gasteiger partial charge in [-0.3, -0.25) is 4.79 Å². The molecule has 0 spiro atoms. The molecule has 1 amide bonds. The molecule has 0 unspecified atom stereocenters. The molecule has 0 saturated carbocycles. The average molecular weight is 429 g/mol. The molecule has 8 heteroatoms. The van der Waals surface area contributed by atoms with E-state index in [9.17, 15) is 17.6 Å². The monoisotopic (exact) mass is 428 g/mol. The van der Waals surface area contributed by atoms with Gasteiger partial charge < -0.3 is 5.32 Å².